The van der Waals surface area contributed by atoms with Crippen LogP contribution in [-0.4, -0.2) is 13.3 Å². The first kappa shape index (κ1) is 7.72. The quantitative estimate of drug-likeness (QED) is 0.466. The fraction of sp³-hybridized carbons (Fsp3) is 0.125. The summed E-state index contributed by atoms with van der Waals surface area (Å²) < 4.78 is 12.5. The first-order chi connectivity index (χ1) is 5.33. The lowest BCUT2D eigenvalue weighted by Crippen LogP contribution is -1.83. The molecule has 0 spiro atoms. The first-order valence-electron chi connectivity index (χ1n) is 3.06. The molecule has 0 bridgehead atoms. The maximum absolute atomic E-state index is 12.5. The van der Waals surface area contributed by atoms with Crippen LogP contribution in [0.15, 0.2) is 23.4 Å². The number of hydrogen-bond acceptors (Lipinski definition) is 2. The molecule has 0 aliphatic rings. The molecule has 11 heavy (non-hydrogen) atoms. The van der Waals surface area contributed by atoms with Crippen LogP contribution in [0, 0.1) is 11.9 Å². The van der Waals surface area contributed by atoms with Crippen molar-refractivity contribution in [2.24, 2.45) is 5.16 Å². The molecule has 0 amide bonds. The van der Waals surface area contributed by atoms with Gasteiger partial charge in [0.1, 0.15) is 12.9 Å². The number of oxime groups is 1. The maximum Gasteiger partial charge on any atom is 0.124 e. The van der Waals surface area contributed by atoms with Gasteiger partial charge in [0.25, 0.3) is 0 Å². The van der Waals surface area contributed by atoms with Gasteiger partial charge in [0.2, 0.25) is 0 Å². The highest BCUT2D eigenvalue weighted by Crippen LogP contribution is 1.99. The minimum Gasteiger partial charge on any atom is -0.399 e. The van der Waals surface area contributed by atoms with Crippen molar-refractivity contribution in [3.63, 3.8) is 0 Å². The van der Waals surface area contributed by atoms with Gasteiger partial charge in [0, 0.05) is 0 Å². The molecule has 1 aromatic rings. The number of nitrogens with zero attached hydrogens (tertiary/aromatic N) is 1. The molecule has 3 heteroatoms. The molecule has 0 saturated heterocycles. The Morgan fingerprint density at radius 2 is 2.45 bits per heavy atom. The van der Waals surface area contributed by atoms with Crippen LogP contribution in [0.4, 0.5) is 4.39 Å². The van der Waals surface area contributed by atoms with Gasteiger partial charge in [-0.1, -0.05) is 5.16 Å². The highest BCUT2D eigenvalue weighted by atomic mass is 19.1. The fourth-order valence-corrected chi connectivity index (χ4v) is 0.648. The third-order valence-electron chi connectivity index (χ3n) is 1.08. The molecular weight excluding hydrogens is 145 g/mol. The van der Waals surface area contributed by atoms with Gasteiger partial charge in [0.15, 0.2) is 0 Å². The van der Waals surface area contributed by atoms with Crippen LogP contribution in [-0.2, 0) is 4.84 Å². The van der Waals surface area contributed by atoms with Gasteiger partial charge in [-0.2, -0.15) is 0 Å². The van der Waals surface area contributed by atoms with Crippen molar-refractivity contribution in [1.29, 1.82) is 0 Å². The number of rotatable bonds is 2. The molecule has 0 fully saturated rings. The van der Waals surface area contributed by atoms with Crippen molar-refractivity contribution < 1.29 is 9.23 Å². The lowest BCUT2D eigenvalue weighted by Gasteiger charge is -1.90. The minimum absolute atomic E-state index is 0.329. The van der Waals surface area contributed by atoms with Crippen LogP contribution in [0.5, 0.6) is 0 Å². The summed E-state index contributed by atoms with van der Waals surface area (Å²) in [5.74, 6) is -0.329. The summed E-state index contributed by atoms with van der Waals surface area (Å²) >= 11 is 0. The van der Waals surface area contributed by atoms with E-state index in [0.29, 0.717) is 5.56 Å². The SMILES string of the molecule is CO/N=C/c1c[c]cc(F)c1. The first-order valence-corrected chi connectivity index (χ1v) is 3.06. The summed E-state index contributed by atoms with van der Waals surface area (Å²) in [6.07, 6.45) is 1.42. The van der Waals surface area contributed by atoms with Gasteiger partial charge >= 0.3 is 0 Å². The van der Waals surface area contributed by atoms with Crippen molar-refractivity contribution >= 4 is 6.21 Å². The molecule has 0 saturated carbocycles. The van der Waals surface area contributed by atoms with E-state index in [4.69, 9.17) is 0 Å². The zero-order chi connectivity index (χ0) is 8.10. The molecule has 1 radical (unpaired) electrons. The van der Waals surface area contributed by atoms with Gasteiger partial charge in [-0.25, -0.2) is 4.39 Å². The number of halogens is 1. The molecule has 0 unspecified atom stereocenters. The van der Waals surface area contributed by atoms with Gasteiger partial charge < -0.3 is 4.84 Å². The average Bonchev–Trinajstić information content (AvgIpc) is 2.01. The Kier molecular flexibility index (Phi) is 2.60. The summed E-state index contributed by atoms with van der Waals surface area (Å²) in [4.78, 5) is 4.42. The predicted molar refractivity (Wildman–Crippen MR) is 39.8 cm³/mol. The summed E-state index contributed by atoms with van der Waals surface area (Å²) in [5, 5.41) is 3.47. The zero-order valence-corrected chi connectivity index (χ0v) is 6.04. The topological polar surface area (TPSA) is 21.6 Å². The van der Waals surface area contributed by atoms with Gasteiger partial charge in [-0.3, -0.25) is 0 Å². The summed E-state index contributed by atoms with van der Waals surface area (Å²) in [6.45, 7) is 0. The Hall–Kier alpha value is -1.38. The zero-order valence-electron chi connectivity index (χ0n) is 6.04. The predicted octanol–water partition coefficient (Wildman–Crippen LogP) is 1.61. The molecule has 57 valence electrons. The van der Waals surface area contributed by atoms with Gasteiger partial charge in [-0.15, -0.1) is 0 Å². The van der Waals surface area contributed by atoms with E-state index in [0.717, 1.165) is 0 Å². The van der Waals surface area contributed by atoms with Crippen molar-refractivity contribution in [2.75, 3.05) is 7.11 Å². The average molecular weight is 152 g/mol. The van der Waals surface area contributed by atoms with E-state index in [-0.39, 0.29) is 5.82 Å². The van der Waals surface area contributed by atoms with E-state index in [1.165, 1.54) is 25.5 Å². The lowest BCUT2D eigenvalue weighted by molar-refractivity contribution is 0.215. The largest absolute Gasteiger partial charge is 0.399 e. The van der Waals surface area contributed by atoms with Crippen molar-refractivity contribution in [1.82, 2.24) is 0 Å². The van der Waals surface area contributed by atoms with Crippen LogP contribution >= 0.6 is 0 Å². The third-order valence-corrected chi connectivity index (χ3v) is 1.08. The normalized spacial score (nSPS) is 10.4. The van der Waals surface area contributed by atoms with Crippen LogP contribution in [0.1, 0.15) is 5.56 Å². The van der Waals surface area contributed by atoms with E-state index in [9.17, 15) is 4.39 Å². The van der Waals surface area contributed by atoms with Crippen LogP contribution in [0.2, 0.25) is 0 Å². The molecule has 0 aliphatic heterocycles. The van der Waals surface area contributed by atoms with Crippen LogP contribution < -0.4 is 0 Å². The lowest BCUT2D eigenvalue weighted by atomic mass is 10.2. The molecule has 1 aromatic carbocycles. The third kappa shape index (κ3) is 2.37. The second kappa shape index (κ2) is 3.71. The molecule has 0 atom stereocenters. The van der Waals surface area contributed by atoms with Crippen LogP contribution in [0.3, 0.4) is 0 Å². The molecule has 0 N–H and O–H groups in total. The molecule has 2 nitrogen and oxygen atoms in total. The van der Waals surface area contributed by atoms with Gasteiger partial charge in [-0.05, 0) is 29.8 Å². The Balaban J connectivity index is 2.79. The van der Waals surface area contributed by atoms with Crippen molar-refractivity contribution in [2.45, 2.75) is 0 Å². The highest BCUT2D eigenvalue weighted by Gasteiger charge is 1.90. The summed E-state index contributed by atoms with van der Waals surface area (Å²) in [6, 6.07) is 6.83. The molecule has 0 aromatic heterocycles. The fourth-order valence-electron chi connectivity index (χ4n) is 0.648. The number of hydrogen-bond donors (Lipinski definition) is 0. The molecule has 0 heterocycles. The van der Waals surface area contributed by atoms with E-state index in [1.54, 1.807) is 6.07 Å². The monoisotopic (exact) mass is 152 g/mol. The Morgan fingerprint density at radius 3 is 3.09 bits per heavy atom. The molecular formula is C8H7FNO. The van der Waals surface area contributed by atoms with Crippen molar-refractivity contribution in [3.8, 4) is 0 Å². The van der Waals surface area contributed by atoms with E-state index in [2.05, 4.69) is 16.1 Å². The Labute approximate surface area is 64.3 Å². The Bertz CT molecular complexity index is 260. The molecule has 1 rings (SSSR count). The summed E-state index contributed by atoms with van der Waals surface area (Å²) in [5.41, 5.74) is 0.631. The Morgan fingerprint density at radius 1 is 1.64 bits per heavy atom. The van der Waals surface area contributed by atoms with E-state index in [1.807, 2.05) is 0 Å². The maximum atomic E-state index is 12.5. The van der Waals surface area contributed by atoms with E-state index < -0.39 is 0 Å². The van der Waals surface area contributed by atoms with Crippen molar-refractivity contribution in [3.05, 3.63) is 35.6 Å². The standard InChI is InChI=1S/C8H7FNO/c1-11-10-6-7-3-2-4-8(9)5-7/h3-6H,1H3/b10-6+. The molecule has 0 aliphatic carbocycles. The van der Waals surface area contributed by atoms with Crippen LogP contribution in [0.25, 0.3) is 0 Å². The number of benzene rings is 1. The second-order valence-electron chi connectivity index (χ2n) is 1.90. The highest BCUT2D eigenvalue weighted by molar-refractivity contribution is 5.78. The van der Waals surface area contributed by atoms with Gasteiger partial charge in [0.05, 0.1) is 6.21 Å². The van der Waals surface area contributed by atoms with E-state index >= 15 is 0 Å². The summed E-state index contributed by atoms with van der Waals surface area (Å²) in [7, 11) is 1.43. The smallest absolute Gasteiger partial charge is 0.124 e. The second-order valence-corrected chi connectivity index (χ2v) is 1.90. The minimum atomic E-state index is -0.329.